The molecule has 5 nitrogen and oxygen atoms in total. The summed E-state index contributed by atoms with van der Waals surface area (Å²) in [7, 11) is 0. The number of H-pyrrole nitrogens is 1. The molecule has 2 N–H and O–H groups in total. The standard InChI is InChI=1S/C21H28N4OS/c26-20(16-8-10-18(11-9-16)25-14-12-22-21(25)27)23-15-19-7-4-13-24(19)17-5-2-1-3-6-17/h8-12,14,17,19H,1-7,13,15H2,(H,22,27)(H,23,26)/t19-/m0/s1. The molecule has 2 fully saturated rings. The molecule has 1 atom stereocenters. The van der Waals surface area contributed by atoms with E-state index in [1.807, 2.05) is 41.2 Å². The van der Waals surface area contributed by atoms with E-state index in [-0.39, 0.29) is 5.91 Å². The molecule has 6 heteroatoms. The van der Waals surface area contributed by atoms with Crippen LogP contribution in [0, 0.1) is 4.77 Å². The third kappa shape index (κ3) is 4.17. The van der Waals surface area contributed by atoms with Crippen LogP contribution in [0.25, 0.3) is 5.69 Å². The summed E-state index contributed by atoms with van der Waals surface area (Å²) in [4.78, 5) is 18.2. The van der Waals surface area contributed by atoms with Gasteiger partial charge in [0.15, 0.2) is 4.77 Å². The molecule has 4 rings (SSSR count). The van der Waals surface area contributed by atoms with Gasteiger partial charge in [-0.25, -0.2) is 0 Å². The number of nitrogens with zero attached hydrogens (tertiary/aromatic N) is 2. The molecule has 2 aromatic rings. The Bertz CT molecular complexity index is 819. The third-order valence-corrected chi connectivity index (χ3v) is 6.34. The Labute approximate surface area is 165 Å². The number of aromatic amines is 1. The molecule has 0 radical (unpaired) electrons. The highest BCUT2D eigenvalue weighted by molar-refractivity contribution is 7.71. The first-order chi connectivity index (χ1) is 13.2. The van der Waals surface area contributed by atoms with E-state index in [9.17, 15) is 4.79 Å². The first-order valence-electron chi connectivity index (χ1n) is 10.1. The molecule has 1 saturated carbocycles. The Kier molecular flexibility index (Phi) is 5.74. The molecule has 1 saturated heterocycles. The zero-order chi connectivity index (χ0) is 18.6. The summed E-state index contributed by atoms with van der Waals surface area (Å²) in [6.07, 6.45) is 12.9. The maximum atomic E-state index is 12.6. The second kappa shape index (κ2) is 8.40. The summed E-state index contributed by atoms with van der Waals surface area (Å²) >= 11 is 5.24. The lowest BCUT2D eigenvalue weighted by atomic mass is 9.94. The number of carbonyl (C=O) groups excluding carboxylic acids is 1. The van der Waals surface area contributed by atoms with Crippen molar-refractivity contribution in [3.05, 3.63) is 47.0 Å². The fraction of sp³-hybridized carbons (Fsp3) is 0.524. The molecule has 27 heavy (non-hydrogen) atoms. The molecule has 1 aromatic carbocycles. The Balaban J connectivity index is 1.35. The Morgan fingerprint density at radius 3 is 2.59 bits per heavy atom. The Hall–Kier alpha value is -1.92. The van der Waals surface area contributed by atoms with Crippen molar-refractivity contribution >= 4 is 18.1 Å². The lowest BCUT2D eigenvalue weighted by Gasteiger charge is -2.35. The normalized spacial score (nSPS) is 21.4. The van der Waals surface area contributed by atoms with Gasteiger partial charge < -0.3 is 10.3 Å². The van der Waals surface area contributed by atoms with Gasteiger partial charge in [-0.3, -0.25) is 14.3 Å². The summed E-state index contributed by atoms with van der Waals surface area (Å²) in [6, 6.07) is 8.83. The number of hydrogen-bond donors (Lipinski definition) is 2. The van der Waals surface area contributed by atoms with E-state index in [2.05, 4.69) is 15.2 Å². The Morgan fingerprint density at radius 1 is 1.11 bits per heavy atom. The van der Waals surface area contributed by atoms with Crippen molar-refractivity contribution < 1.29 is 4.79 Å². The van der Waals surface area contributed by atoms with Gasteiger partial charge >= 0.3 is 0 Å². The van der Waals surface area contributed by atoms with Gasteiger partial charge in [0.1, 0.15) is 0 Å². The molecule has 1 aliphatic heterocycles. The van der Waals surface area contributed by atoms with Crippen molar-refractivity contribution in [3.8, 4) is 5.69 Å². The molecule has 0 bridgehead atoms. The van der Waals surface area contributed by atoms with Crippen molar-refractivity contribution in [2.75, 3.05) is 13.1 Å². The van der Waals surface area contributed by atoms with E-state index in [1.54, 1.807) is 0 Å². The van der Waals surface area contributed by atoms with Crippen molar-refractivity contribution in [3.63, 3.8) is 0 Å². The highest BCUT2D eigenvalue weighted by Gasteiger charge is 2.31. The number of carbonyl (C=O) groups is 1. The lowest BCUT2D eigenvalue weighted by Crippen LogP contribution is -2.45. The maximum absolute atomic E-state index is 12.6. The van der Waals surface area contributed by atoms with E-state index < -0.39 is 0 Å². The number of aromatic nitrogens is 2. The van der Waals surface area contributed by atoms with E-state index >= 15 is 0 Å². The highest BCUT2D eigenvalue weighted by atomic mass is 32.1. The summed E-state index contributed by atoms with van der Waals surface area (Å²) in [5, 5.41) is 3.16. The van der Waals surface area contributed by atoms with Gasteiger partial charge in [-0.05, 0) is 68.7 Å². The van der Waals surface area contributed by atoms with Gasteiger partial charge in [-0.1, -0.05) is 19.3 Å². The minimum atomic E-state index is 0.00899. The first kappa shape index (κ1) is 18.4. The van der Waals surface area contributed by atoms with Crippen LogP contribution in [0.2, 0.25) is 0 Å². The average molecular weight is 385 g/mol. The van der Waals surface area contributed by atoms with Crippen molar-refractivity contribution in [1.82, 2.24) is 19.8 Å². The van der Waals surface area contributed by atoms with Crippen LogP contribution in [0.15, 0.2) is 36.7 Å². The summed E-state index contributed by atoms with van der Waals surface area (Å²) in [5.41, 5.74) is 1.65. The summed E-state index contributed by atoms with van der Waals surface area (Å²) in [5.74, 6) is 0.00899. The van der Waals surface area contributed by atoms with Crippen molar-refractivity contribution in [2.24, 2.45) is 0 Å². The number of amides is 1. The predicted octanol–water partition coefficient (Wildman–Crippen LogP) is 4.06. The summed E-state index contributed by atoms with van der Waals surface area (Å²) < 4.78 is 2.54. The van der Waals surface area contributed by atoms with Crippen LogP contribution in [0.5, 0.6) is 0 Å². The van der Waals surface area contributed by atoms with Crippen molar-refractivity contribution in [2.45, 2.75) is 57.0 Å². The molecule has 1 amide bonds. The van der Waals surface area contributed by atoms with Gasteiger partial charge in [0, 0.05) is 42.3 Å². The van der Waals surface area contributed by atoms with Gasteiger partial charge in [-0.15, -0.1) is 0 Å². The molecule has 2 aliphatic rings. The van der Waals surface area contributed by atoms with Gasteiger partial charge in [0.2, 0.25) is 0 Å². The molecule has 0 spiro atoms. The fourth-order valence-corrected chi connectivity index (χ4v) is 4.81. The van der Waals surface area contributed by atoms with Gasteiger partial charge in [0.25, 0.3) is 5.91 Å². The van der Waals surface area contributed by atoms with E-state index in [0.717, 1.165) is 18.3 Å². The zero-order valence-electron chi connectivity index (χ0n) is 15.7. The van der Waals surface area contributed by atoms with Gasteiger partial charge in [0.05, 0.1) is 0 Å². The smallest absolute Gasteiger partial charge is 0.251 e. The molecular weight excluding hydrogens is 356 g/mol. The molecule has 1 aromatic heterocycles. The van der Waals surface area contributed by atoms with Crippen LogP contribution >= 0.6 is 12.2 Å². The largest absolute Gasteiger partial charge is 0.350 e. The van der Waals surface area contributed by atoms with Crippen LogP contribution in [0.1, 0.15) is 55.3 Å². The monoisotopic (exact) mass is 384 g/mol. The summed E-state index contributed by atoms with van der Waals surface area (Å²) in [6.45, 7) is 1.94. The van der Waals surface area contributed by atoms with E-state index in [4.69, 9.17) is 12.2 Å². The number of benzene rings is 1. The van der Waals surface area contributed by atoms with Crippen LogP contribution in [0.4, 0.5) is 0 Å². The fourth-order valence-electron chi connectivity index (χ4n) is 4.58. The van der Waals surface area contributed by atoms with Crippen molar-refractivity contribution in [1.29, 1.82) is 0 Å². The number of likely N-dealkylation sites (tertiary alicyclic amines) is 1. The molecule has 2 heterocycles. The number of hydrogen-bond acceptors (Lipinski definition) is 3. The quantitative estimate of drug-likeness (QED) is 0.765. The van der Waals surface area contributed by atoms with Crippen LogP contribution in [-0.2, 0) is 0 Å². The highest BCUT2D eigenvalue weighted by Crippen LogP contribution is 2.28. The number of imidazole rings is 1. The number of nitrogens with one attached hydrogen (secondary N) is 2. The van der Waals surface area contributed by atoms with Crippen LogP contribution < -0.4 is 5.32 Å². The minimum Gasteiger partial charge on any atom is -0.350 e. The minimum absolute atomic E-state index is 0.00899. The SMILES string of the molecule is O=C(NC[C@@H]1CCCN1C1CCCCC1)c1ccc(-n2cc[nH]c2=S)cc1. The number of rotatable bonds is 5. The van der Waals surface area contributed by atoms with E-state index in [0.29, 0.717) is 16.4 Å². The van der Waals surface area contributed by atoms with Crippen LogP contribution in [0.3, 0.4) is 0 Å². The topological polar surface area (TPSA) is 53.1 Å². The molecule has 0 unspecified atom stereocenters. The Morgan fingerprint density at radius 2 is 1.89 bits per heavy atom. The molecule has 144 valence electrons. The third-order valence-electron chi connectivity index (χ3n) is 6.02. The average Bonchev–Trinajstić information content (AvgIpc) is 3.36. The molecule has 1 aliphatic carbocycles. The zero-order valence-corrected chi connectivity index (χ0v) is 16.5. The second-order valence-corrected chi connectivity index (χ2v) is 8.10. The predicted molar refractivity (Wildman–Crippen MR) is 110 cm³/mol. The van der Waals surface area contributed by atoms with Crippen LogP contribution in [-0.4, -0.2) is 45.5 Å². The molecular formula is C21H28N4OS. The van der Waals surface area contributed by atoms with Gasteiger partial charge in [-0.2, -0.15) is 0 Å². The lowest BCUT2D eigenvalue weighted by molar-refractivity contribution is 0.0920. The van der Waals surface area contributed by atoms with E-state index in [1.165, 1.54) is 51.5 Å². The maximum Gasteiger partial charge on any atom is 0.251 e. The first-order valence-corrected chi connectivity index (χ1v) is 10.5. The second-order valence-electron chi connectivity index (χ2n) is 7.72.